The number of rotatable bonds is 6. The van der Waals surface area contributed by atoms with Gasteiger partial charge in [-0.25, -0.2) is 4.39 Å². The Bertz CT molecular complexity index is 1190. The fourth-order valence-corrected chi connectivity index (χ4v) is 4.83. The van der Waals surface area contributed by atoms with Gasteiger partial charge in [-0.1, -0.05) is 19.1 Å². The lowest BCUT2D eigenvalue weighted by molar-refractivity contribution is 0.233. The number of halogens is 1. The number of ether oxygens (including phenoxy) is 2. The number of anilines is 1. The van der Waals surface area contributed by atoms with Crippen LogP contribution in [0.15, 0.2) is 60.8 Å². The van der Waals surface area contributed by atoms with Crippen LogP contribution in [0, 0.1) is 11.7 Å². The molecule has 2 aliphatic rings. The first-order valence-corrected chi connectivity index (χ1v) is 11.8. The summed E-state index contributed by atoms with van der Waals surface area (Å²) in [6.45, 7) is 8.25. The highest BCUT2D eigenvalue weighted by molar-refractivity contribution is 5.95. The summed E-state index contributed by atoms with van der Waals surface area (Å²) in [6, 6.07) is 16.8. The Morgan fingerprint density at radius 3 is 2.68 bits per heavy atom. The molecule has 0 radical (unpaired) electrons. The summed E-state index contributed by atoms with van der Waals surface area (Å²) in [5.74, 6) is 2.01. The highest BCUT2D eigenvalue weighted by Gasteiger charge is 2.30. The fourth-order valence-electron chi connectivity index (χ4n) is 4.83. The number of allylic oxidation sites excluding steroid dienone is 1. The molecule has 2 N–H and O–H groups in total. The van der Waals surface area contributed by atoms with Crippen LogP contribution in [0.4, 0.5) is 10.1 Å². The standard InChI is InChI=1S/C28H30FN3O2/c1-18-11-12-32(17-18)13-14-33-23-7-3-20(4-8-23)28-27(25-9-5-21(29)16-31-25)19(2)24-15-22(30)6-10-26(24)34-28/h3-10,15-16,18,28H,11-14,17,30H2,1-2H3. The summed E-state index contributed by atoms with van der Waals surface area (Å²) in [4.78, 5) is 6.80. The molecule has 34 heavy (non-hydrogen) atoms. The summed E-state index contributed by atoms with van der Waals surface area (Å²) in [5.41, 5.74) is 11.2. The van der Waals surface area contributed by atoms with Gasteiger partial charge in [0.1, 0.15) is 23.9 Å². The van der Waals surface area contributed by atoms with E-state index in [2.05, 4.69) is 16.8 Å². The van der Waals surface area contributed by atoms with Crippen molar-refractivity contribution in [2.45, 2.75) is 26.4 Å². The van der Waals surface area contributed by atoms with Crippen molar-refractivity contribution in [2.75, 3.05) is 32.0 Å². The van der Waals surface area contributed by atoms with Gasteiger partial charge < -0.3 is 15.2 Å². The molecule has 2 atom stereocenters. The zero-order valence-electron chi connectivity index (χ0n) is 19.6. The van der Waals surface area contributed by atoms with Crippen molar-refractivity contribution in [1.29, 1.82) is 0 Å². The number of nitrogens with zero attached hydrogens (tertiary/aromatic N) is 2. The molecule has 3 heterocycles. The molecule has 5 rings (SSSR count). The van der Waals surface area contributed by atoms with Crippen LogP contribution in [0.3, 0.4) is 0 Å². The van der Waals surface area contributed by atoms with Gasteiger partial charge in [-0.3, -0.25) is 9.88 Å². The van der Waals surface area contributed by atoms with E-state index >= 15 is 0 Å². The highest BCUT2D eigenvalue weighted by Crippen LogP contribution is 2.46. The molecule has 1 fully saturated rings. The molecule has 0 aliphatic carbocycles. The van der Waals surface area contributed by atoms with Crippen molar-refractivity contribution in [3.63, 3.8) is 0 Å². The Kier molecular flexibility index (Phi) is 6.24. The van der Waals surface area contributed by atoms with Gasteiger partial charge in [0.15, 0.2) is 6.10 Å². The summed E-state index contributed by atoms with van der Waals surface area (Å²) in [7, 11) is 0. The van der Waals surface area contributed by atoms with Crippen LogP contribution in [-0.2, 0) is 0 Å². The first-order chi connectivity index (χ1) is 16.5. The largest absolute Gasteiger partial charge is 0.492 e. The number of pyridine rings is 1. The molecule has 2 aliphatic heterocycles. The zero-order chi connectivity index (χ0) is 23.7. The van der Waals surface area contributed by atoms with E-state index in [1.54, 1.807) is 6.07 Å². The summed E-state index contributed by atoms with van der Waals surface area (Å²) >= 11 is 0. The van der Waals surface area contributed by atoms with E-state index in [1.807, 2.05) is 49.4 Å². The quantitative estimate of drug-likeness (QED) is 0.487. The molecule has 6 heteroatoms. The lowest BCUT2D eigenvalue weighted by atomic mass is 9.88. The average Bonchev–Trinajstić information content (AvgIpc) is 3.25. The van der Waals surface area contributed by atoms with Gasteiger partial charge >= 0.3 is 0 Å². The lowest BCUT2D eigenvalue weighted by Gasteiger charge is -2.30. The predicted molar refractivity (Wildman–Crippen MR) is 133 cm³/mol. The highest BCUT2D eigenvalue weighted by atomic mass is 19.1. The van der Waals surface area contributed by atoms with Crippen LogP contribution in [0.2, 0.25) is 0 Å². The number of benzene rings is 2. The SMILES string of the molecule is CC1=C(c2ccc(F)cn2)C(c2ccc(OCCN3CCC(C)C3)cc2)Oc2ccc(N)cc21. The molecule has 0 spiro atoms. The molecule has 2 unspecified atom stereocenters. The Hall–Kier alpha value is -3.38. The van der Waals surface area contributed by atoms with Crippen molar-refractivity contribution < 1.29 is 13.9 Å². The van der Waals surface area contributed by atoms with Crippen molar-refractivity contribution in [2.24, 2.45) is 5.92 Å². The Morgan fingerprint density at radius 1 is 1.15 bits per heavy atom. The number of nitrogen functional groups attached to an aromatic ring is 1. The first-order valence-electron chi connectivity index (χ1n) is 11.8. The molecule has 3 aromatic rings. The van der Waals surface area contributed by atoms with Crippen LogP contribution in [0.5, 0.6) is 11.5 Å². The molecule has 0 saturated carbocycles. The van der Waals surface area contributed by atoms with E-state index in [0.29, 0.717) is 18.0 Å². The molecule has 1 aromatic heterocycles. The van der Waals surface area contributed by atoms with E-state index in [0.717, 1.165) is 59.3 Å². The monoisotopic (exact) mass is 459 g/mol. The minimum absolute atomic E-state index is 0.371. The zero-order valence-corrected chi connectivity index (χ0v) is 19.6. The van der Waals surface area contributed by atoms with Crippen LogP contribution < -0.4 is 15.2 Å². The number of nitrogens with two attached hydrogens (primary N) is 1. The summed E-state index contributed by atoms with van der Waals surface area (Å²) in [6.07, 6.45) is 2.12. The maximum Gasteiger partial charge on any atom is 0.151 e. The maximum absolute atomic E-state index is 13.6. The molecule has 5 nitrogen and oxygen atoms in total. The van der Waals surface area contributed by atoms with Crippen molar-refractivity contribution in [3.05, 3.63) is 83.4 Å². The Morgan fingerprint density at radius 2 is 1.97 bits per heavy atom. The minimum Gasteiger partial charge on any atom is -0.492 e. The van der Waals surface area contributed by atoms with Crippen LogP contribution in [-0.4, -0.2) is 36.1 Å². The molecule has 0 bridgehead atoms. The van der Waals surface area contributed by atoms with Gasteiger partial charge in [0.25, 0.3) is 0 Å². The molecular formula is C28H30FN3O2. The van der Waals surface area contributed by atoms with Crippen molar-refractivity contribution in [3.8, 4) is 11.5 Å². The number of hydrogen-bond donors (Lipinski definition) is 1. The summed E-state index contributed by atoms with van der Waals surface area (Å²) < 4.78 is 26.0. The molecule has 176 valence electrons. The molecule has 0 amide bonds. The third kappa shape index (κ3) is 4.64. The second kappa shape index (κ2) is 9.47. The normalized spacial score (nSPS) is 20.2. The second-order valence-electron chi connectivity index (χ2n) is 9.27. The molecule has 1 saturated heterocycles. The Balaban J connectivity index is 1.39. The number of hydrogen-bond acceptors (Lipinski definition) is 5. The van der Waals surface area contributed by atoms with Crippen LogP contribution >= 0.6 is 0 Å². The van der Waals surface area contributed by atoms with Gasteiger partial charge in [0.05, 0.1) is 11.9 Å². The molecule has 2 aromatic carbocycles. The van der Waals surface area contributed by atoms with Gasteiger partial charge in [-0.15, -0.1) is 0 Å². The lowest BCUT2D eigenvalue weighted by Crippen LogP contribution is -2.25. The van der Waals surface area contributed by atoms with E-state index < -0.39 is 0 Å². The average molecular weight is 460 g/mol. The smallest absolute Gasteiger partial charge is 0.151 e. The first kappa shape index (κ1) is 22.4. The van der Waals surface area contributed by atoms with Gasteiger partial charge in [-0.2, -0.15) is 0 Å². The van der Waals surface area contributed by atoms with Gasteiger partial charge in [0.2, 0.25) is 0 Å². The van der Waals surface area contributed by atoms with E-state index in [1.165, 1.54) is 18.7 Å². The van der Waals surface area contributed by atoms with Crippen molar-refractivity contribution >= 4 is 16.8 Å². The maximum atomic E-state index is 13.6. The summed E-state index contributed by atoms with van der Waals surface area (Å²) in [5, 5.41) is 0. The Labute approximate surface area is 200 Å². The van der Waals surface area contributed by atoms with Crippen molar-refractivity contribution in [1.82, 2.24) is 9.88 Å². The second-order valence-corrected chi connectivity index (χ2v) is 9.27. The van der Waals surface area contributed by atoms with Crippen LogP contribution in [0.25, 0.3) is 11.1 Å². The topological polar surface area (TPSA) is 60.6 Å². The number of likely N-dealkylation sites (tertiary alicyclic amines) is 1. The number of aromatic nitrogens is 1. The van der Waals surface area contributed by atoms with Gasteiger partial charge in [-0.05, 0) is 79.4 Å². The fraction of sp³-hybridized carbons (Fsp3) is 0.321. The van der Waals surface area contributed by atoms with Crippen LogP contribution in [0.1, 0.15) is 43.2 Å². The predicted octanol–water partition coefficient (Wildman–Crippen LogP) is 5.59. The third-order valence-electron chi connectivity index (χ3n) is 6.69. The number of fused-ring (bicyclic) bond motifs is 1. The van der Waals surface area contributed by atoms with E-state index in [9.17, 15) is 4.39 Å². The molecular weight excluding hydrogens is 429 g/mol. The minimum atomic E-state index is -0.380. The third-order valence-corrected chi connectivity index (χ3v) is 6.69. The van der Waals surface area contributed by atoms with E-state index in [4.69, 9.17) is 15.2 Å². The van der Waals surface area contributed by atoms with E-state index in [-0.39, 0.29) is 11.9 Å². The van der Waals surface area contributed by atoms with Gasteiger partial charge in [0, 0.05) is 29.9 Å².